The first kappa shape index (κ1) is 12.2. The van der Waals surface area contributed by atoms with E-state index >= 15 is 0 Å². The van der Waals surface area contributed by atoms with Gasteiger partial charge < -0.3 is 14.7 Å². The zero-order chi connectivity index (χ0) is 13.9. The number of H-pyrrole nitrogens is 1. The van der Waals surface area contributed by atoms with Crippen LogP contribution < -0.4 is 5.32 Å². The van der Waals surface area contributed by atoms with Gasteiger partial charge in [0.15, 0.2) is 5.76 Å². The normalized spacial score (nSPS) is 10.4. The number of hydrogen-bond acceptors (Lipinski definition) is 3. The topological polar surface area (TPSA) is 70.9 Å². The lowest BCUT2D eigenvalue weighted by Crippen LogP contribution is -2.10. The molecular formula is C15H13N3O2. The lowest BCUT2D eigenvalue weighted by atomic mass is 10.1. The van der Waals surface area contributed by atoms with Gasteiger partial charge in [-0.2, -0.15) is 0 Å². The number of aryl methyl sites for hydroxylation is 1. The van der Waals surface area contributed by atoms with E-state index in [1.165, 1.54) is 6.26 Å². The zero-order valence-electron chi connectivity index (χ0n) is 10.9. The molecule has 0 bridgehead atoms. The Bertz CT molecular complexity index is 729. The Hall–Kier alpha value is -2.82. The summed E-state index contributed by atoms with van der Waals surface area (Å²) in [5.74, 6) is 0.866. The maximum atomic E-state index is 11.9. The van der Waals surface area contributed by atoms with Crippen LogP contribution in [-0.2, 0) is 0 Å². The molecule has 20 heavy (non-hydrogen) atoms. The van der Waals surface area contributed by atoms with E-state index in [-0.39, 0.29) is 11.7 Å². The Morgan fingerprint density at radius 1 is 1.30 bits per heavy atom. The number of nitrogens with zero attached hydrogens (tertiary/aromatic N) is 1. The van der Waals surface area contributed by atoms with Crippen molar-refractivity contribution >= 4 is 11.6 Å². The Balaban J connectivity index is 1.83. The van der Waals surface area contributed by atoms with Gasteiger partial charge in [0, 0.05) is 11.3 Å². The lowest BCUT2D eigenvalue weighted by molar-refractivity contribution is 0.0996. The van der Waals surface area contributed by atoms with Gasteiger partial charge in [0.25, 0.3) is 5.91 Å². The van der Waals surface area contributed by atoms with Gasteiger partial charge in [-0.25, -0.2) is 4.98 Å². The van der Waals surface area contributed by atoms with E-state index in [1.807, 2.05) is 31.2 Å². The highest BCUT2D eigenvalue weighted by Gasteiger charge is 2.09. The molecule has 5 nitrogen and oxygen atoms in total. The molecule has 1 aromatic carbocycles. The van der Waals surface area contributed by atoms with E-state index < -0.39 is 0 Å². The third-order valence-corrected chi connectivity index (χ3v) is 2.88. The van der Waals surface area contributed by atoms with Crippen molar-refractivity contribution in [3.63, 3.8) is 0 Å². The number of carbonyl (C=O) groups excluding carboxylic acids is 1. The summed E-state index contributed by atoms with van der Waals surface area (Å²) in [6, 6.07) is 10.8. The summed E-state index contributed by atoms with van der Waals surface area (Å²) in [7, 11) is 0. The number of amides is 1. The predicted molar refractivity (Wildman–Crippen MR) is 75.4 cm³/mol. The molecule has 0 saturated carbocycles. The van der Waals surface area contributed by atoms with Gasteiger partial charge >= 0.3 is 0 Å². The first-order chi connectivity index (χ1) is 9.72. The Labute approximate surface area is 115 Å². The van der Waals surface area contributed by atoms with E-state index in [4.69, 9.17) is 4.42 Å². The van der Waals surface area contributed by atoms with Crippen molar-refractivity contribution in [3.8, 4) is 11.3 Å². The lowest BCUT2D eigenvalue weighted by Gasteiger charge is -2.05. The molecule has 0 saturated heterocycles. The van der Waals surface area contributed by atoms with Crippen LogP contribution in [0.4, 0.5) is 5.69 Å². The molecule has 2 N–H and O–H groups in total. The molecule has 2 aromatic heterocycles. The highest BCUT2D eigenvalue weighted by atomic mass is 16.3. The number of carbonyl (C=O) groups is 1. The number of benzene rings is 1. The van der Waals surface area contributed by atoms with Gasteiger partial charge in [-0.05, 0) is 31.2 Å². The highest BCUT2D eigenvalue weighted by molar-refractivity contribution is 6.02. The van der Waals surface area contributed by atoms with Crippen LogP contribution in [-0.4, -0.2) is 15.9 Å². The van der Waals surface area contributed by atoms with Crippen LogP contribution in [0.15, 0.2) is 53.3 Å². The van der Waals surface area contributed by atoms with Crippen molar-refractivity contribution in [1.82, 2.24) is 9.97 Å². The van der Waals surface area contributed by atoms with Gasteiger partial charge in [-0.15, -0.1) is 0 Å². The molecule has 3 rings (SSSR count). The van der Waals surface area contributed by atoms with Gasteiger partial charge in [0.2, 0.25) is 0 Å². The van der Waals surface area contributed by atoms with Crippen molar-refractivity contribution in [2.24, 2.45) is 0 Å². The van der Waals surface area contributed by atoms with Crippen molar-refractivity contribution in [2.45, 2.75) is 6.92 Å². The Morgan fingerprint density at radius 2 is 2.20 bits per heavy atom. The van der Waals surface area contributed by atoms with E-state index in [1.54, 1.807) is 18.3 Å². The summed E-state index contributed by atoms with van der Waals surface area (Å²) in [6.07, 6.45) is 3.24. The summed E-state index contributed by atoms with van der Waals surface area (Å²) < 4.78 is 5.06. The number of imidazole rings is 1. The molecule has 1 amide bonds. The molecule has 5 heteroatoms. The molecule has 0 atom stereocenters. The molecule has 0 aliphatic carbocycles. The van der Waals surface area contributed by atoms with E-state index in [0.717, 1.165) is 17.1 Å². The summed E-state index contributed by atoms with van der Waals surface area (Å²) in [5.41, 5.74) is 2.58. The molecule has 0 fully saturated rings. The van der Waals surface area contributed by atoms with Crippen molar-refractivity contribution in [1.29, 1.82) is 0 Å². The minimum atomic E-state index is -0.270. The number of anilines is 1. The standard InChI is InChI=1S/C15H13N3O2/c1-10-16-9-13(17-10)11-4-2-5-12(8-11)18-15(19)14-6-3-7-20-14/h2-9H,1H3,(H,16,17)(H,18,19). The molecule has 100 valence electrons. The molecule has 0 aliphatic heterocycles. The second-order valence-electron chi connectivity index (χ2n) is 4.39. The molecule has 0 aliphatic rings. The van der Waals surface area contributed by atoms with Gasteiger partial charge in [-0.1, -0.05) is 12.1 Å². The molecule has 0 spiro atoms. The minimum Gasteiger partial charge on any atom is -0.459 e. The van der Waals surface area contributed by atoms with Crippen LogP contribution in [0.1, 0.15) is 16.4 Å². The largest absolute Gasteiger partial charge is 0.459 e. The monoisotopic (exact) mass is 267 g/mol. The minimum absolute atomic E-state index is 0.270. The Morgan fingerprint density at radius 3 is 2.90 bits per heavy atom. The number of aromatic nitrogens is 2. The van der Waals surface area contributed by atoms with Crippen molar-refractivity contribution in [3.05, 3.63) is 60.4 Å². The summed E-state index contributed by atoms with van der Waals surface area (Å²) in [5, 5.41) is 2.79. The van der Waals surface area contributed by atoms with Crippen LogP contribution in [0.3, 0.4) is 0 Å². The molecule has 0 unspecified atom stereocenters. The fourth-order valence-electron chi connectivity index (χ4n) is 1.93. The van der Waals surface area contributed by atoms with Gasteiger partial charge in [0.1, 0.15) is 5.82 Å². The van der Waals surface area contributed by atoms with Crippen LogP contribution in [0.25, 0.3) is 11.3 Å². The number of rotatable bonds is 3. The molecular weight excluding hydrogens is 254 g/mol. The molecule has 3 aromatic rings. The van der Waals surface area contributed by atoms with Crippen LogP contribution in [0.2, 0.25) is 0 Å². The second-order valence-corrected chi connectivity index (χ2v) is 4.39. The van der Waals surface area contributed by atoms with E-state index in [9.17, 15) is 4.79 Å². The fourth-order valence-corrected chi connectivity index (χ4v) is 1.93. The first-order valence-corrected chi connectivity index (χ1v) is 6.19. The van der Waals surface area contributed by atoms with Crippen molar-refractivity contribution in [2.75, 3.05) is 5.32 Å². The quantitative estimate of drug-likeness (QED) is 0.765. The molecule has 2 heterocycles. The first-order valence-electron chi connectivity index (χ1n) is 6.19. The smallest absolute Gasteiger partial charge is 0.291 e. The fraction of sp³-hybridized carbons (Fsp3) is 0.0667. The second kappa shape index (κ2) is 5.05. The predicted octanol–water partition coefficient (Wildman–Crippen LogP) is 3.23. The van der Waals surface area contributed by atoms with Crippen molar-refractivity contribution < 1.29 is 9.21 Å². The highest BCUT2D eigenvalue weighted by Crippen LogP contribution is 2.21. The van der Waals surface area contributed by atoms with Crippen LogP contribution >= 0.6 is 0 Å². The number of aromatic amines is 1. The van der Waals surface area contributed by atoms with Crippen LogP contribution in [0.5, 0.6) is 0 Å². The van der Waals surface area contributed by atoms with E-state index in [0.29, 0.717) is 5.69 Å². The van der Waals surface area contributed by atoms with Gasteiger partial charge in [0.05, 0.1) is 18.2 Å². The maximum absolute atomic E-state index is 11.9. The van der Waals surface area contributed by atoms with Crippen LogP contribution in [0, 0.1) is 6.92 Å². The zero-order valence-corrected chi connectivity index (χ0v) is 10.9. The summed E-state index contributed by atoms with van der Waals surface area (Å²) in [6.45, 7) is 1.89. The number of furan rings is 1. The molecule has 0 radical (unpaired) electrons. The third kappa shape index (κ3) is 2.47. The number of hydrogen-bond donors (Lipinski definition) is 2. The average Bonchev–Trinajstić information content (AvgIpc) is 3.10. The Kier molecular flexibility index (Phi) is 3.09. The SMILES string of the molecule is Cc1ncc(-c2cccc(NC(=O)c3ccco3)c2)[nH]1. The van der Waals surface area contributed by atoms with Gasteiger partial charge in [-0.3, -0.25) is 4.79 Å². The maximum Gasteiger partial charge on any atom is 0.291 e. The average molecular weight is 267 g/mol. The van der Waals surface area contributed by atoms with E-state index in [2.05, 4.69) is 15.3 Å². The summed E-state index contributed by atoms with van der Waals surface area (Å²) >= 11 is 0. The third-order valence-electron chi connectivity index (χ3n) is 2.88. The number of nitrogens with one attached hydrogen (secondary N) is 2. The summed E-state index contributed by atoms with van der Waals surface area (Å²) in [4.78, 5) is 19.2.